The zero-order valence-corrected chi connectivity index (χ0v) is 10.1. The van der Waals surface area contributed by atoms with Crippen molar-refractivity contribution in [3.8, 4) is 0 Å². The third kappa shape index (κ3) is 7.88. The number of allylic oxidation sites excluding steroid dienone is 1. The molecule has 0 fully saturated rings. The van der Waals surface area contributed by atoms with E-state index in [1.54, 1.807) is 0 Å². The number of esters is 1. The quantitative estimate of drug-likeness (QED) is 0.448. The minimum absolute atomic E-state index is 0. The average Bonchev–Trinajstić information content (AvgIpc) is 1.97. The van der Waals surface area contributed by atoms with E-state index in [2.05, 4.69) is 13.8 Å². The molecule has 15 heavy (non-hydrogen) atoms. The number of ether oxygens (including phenoxy) is 1. The van der Waals surface area contributed by atoms with Crippen LogP contribution in [0.4, 0.5) is 0 Å². The van der Waals surface area contributed by atoms with Gasteiger partial charge in [-0.2, -0.15) is 0 Å². The van der Waals surface area contributed by atoms with Crippen LogP contribution in [0.1, 0.15) is 41.5 Å². The van der Waals surface area contributed by atoms with Crippen LogP contribution in [0.5, 0.6) is 0 Å². The molecule has 0 aliphatic rings. The molecule has 0 atom stereocenters. The van der Waals surface area contributed by atoms with Gasteiger partial charge in [-0.1, -0.05) is 33.8 Å². The van der Waals surface area contributed by atoms with Gasteiger partial charge in [0, 0.05) is 5.57 Å². The Labute approximate surface area is 110 Å². The molecule has 0 aromatic heterocycles. The van der Waals surface area contributed by atoms with Gasteiger partial charge in [-0.3, -0.25) is 0 Å². The maximum atomic E-state index is 11.6. The van der Waals surface area contributed by atoms with Gasteiger partial charge in [-0.05, 0) is 25.7 Å². The van der Waals surface area contributed by atoms with Crippen LogP contribution in [-0.4, -0.2) is 36.0 Å². The molecule has 0 heterocycles. The molecule has 90 valence electrons. The summed E-state index contributed by atoms with van der Waals surface area (Å²) in [4.78, 5) is 11.6. The fourth-order valence-corrected chi connectivity index (χ4v) is 1.14. The first-order valence-corrected chi connectivity index (χ1v) is 5.27. The Kier molecular flexibility index (Phi) is 9.51. The standard InChI is InChI=1S/C12H22O2.Sn.4H/c1-8(2)7-11(9(3)4)12(13)14-10(5)6;;;;;/h7-10H,1-6H3;;;;;. The third-order valence-electron chi connectivity index (χ3n) is 1.71. The van der Waals surface area contributed by atoms with E-state index in [0.29, 0.717) is 5.92 Å². The predicted octanol–water partition coefficient (Wildman–Crippen LogP) is 1.72. The van der Waals surface area contributed by atoms with E-state index in [0.717, 1.165) is 5.57 Å². The van der Waals surface area contributed by atoms with Crippen molar-refractivity contribution in [1.82, 2.24) is 0 Å². The van der Waals surface area contributed by atoms with E-state index in [4.69, 9.17) is 4.74 Å². The Morgan fingerprint density at radius 2 is 1.53 bits per heavy atom. The molecular formula is C12H26O2Sn. The normalized spacial score (nSPS) is 11.9. The summed E-state index contributed by atoms with van der Waals surface area (Å²) < 4.78 is 5.17. The van der Waals surface area contributed by atoms with Crippen molar-refractivity contribution >= 4 is 29.9 Å². The Morgan fingerprint density at radius 3 is 1.80 bits per heavy atom. The van der Waals surface area contributed by atoms with Crippen molar-refractivity contribution in [2.24, 2.45) is 11.8 Å². The predicted molar refractivity (Wildman–Crippen MR) is 70.3 cm³/mol. The zero-order valence-electron chi connectivity index (χ0n) is 10.1. The molecule has 0 unspecified atom stereocenters. The molecule has 2 nitrogen and oxygen atoms in total. The number of rotatable bonds is 4. The molecule has 0 spiro atoms. The number of carbonyl (C=O) groups is 1. The molecule has 0 saturated heterocycles. The second-order valence-electron chi connectivity index (χ2n) is 4.47. The van der Waals surface area contributed by atoms with Gasteiger partial charge in [0.15, 0.2) is 0 Å². The summed E-state index contributed by atoms with van der Waals surface area (Å²) >= 11 is 0. The van der Waals surface area contributed by atoms with Gasteiger partial charge in [0.05, 0.1) is 6.10 Å². The maximum absolute atomic E-state index is 11.6. The third-order valence-corrected chi connectivity index (χ3v) is 1.71. The molecular weight excluding hydrogens is 295 g/mol. The second kappa shape index (κ2) is 8.19. The summed E-state index contributed by atoms with van der Waals surface area (Å²) in [5.41, 5.74) is 0.786. The van der Waals surface area contributed by atoms with Crippen molar-refractivity contribution in [1.29, 1.82) is 0 Å². The Morgan fingerprint density at radius 1 is 1.07 bits per heavy atom. The van der Waals surface area contributed by atoms with Gasteiger partial charge in [0.2, 0.25) is 0 Å². The van der Waals surface area contributed by atoms with Gasteiger partial charge in [0.1, 0.15) is 0 Å². The first-order chi connectivity index (χ1) is 6.34. The van der Waals surface area contributed by atoms with Crippen molar-refractivity contribution in [2.75, 3.05) is 0 Å². The number of hydrogen-bond acceptors (Lipinski definition) is 2. The summed E-state index contributed by atoms with van der Waals surface area (Å²) in [7, 11) is 0. The molecule has 0 saturated carbocycles. The van der Waals surface area contributed by atoms with E-state index in [-0.39, 0.29) is 41.9 Å². The topological polar surface area (TPSA) is 26.3 Å². The molecule has 0 radical (unpaired) electrons. The van der Waals surface area contributed by atoms with E-state index >= 15 is 0 Å². The first kappa shape index (κ1) is 17.4. The first-order valence-electron chi connectivity index (χ1n) is 5.27. The number of carbonyl (C=O) groups excluding carboxylic acids is 1. The van der Waals surface area contributed by atoms with Crippen LogP contribution in [0.15, 0.2) is 11.6 Å². The van der Waals surface area contributed by atoms with Crippen LogP contribution in [0.3, 0.4) is 0 Å². The minimum atomic E-state index is -0.177. The van der Waals surface area contributed by atoms with E-state index in [9.17, 15) is 4.79 Å². The molecule has 0 aliphatic carbocycles. The molecule has 0 aliphatic heterocycles. The van der Waals surface area contributed by atoms with E-state index < -0.39 is 0 Å². The SMILES string of the molecule is CC(C)C=C(C(=O)OC(C)C)C(C)C.[SnH4]. The molecule has 0 rings (SSSR count). The van der Waals surface area contributed by atoms with Gasteiger partial charge < -0.3 is 4.74 Å². The molecule has 3 heteroatoms. The summed E-state index contributed by atoms with van der Waals surface area (Å²) in [6.45, 7) is 11.9. The zero-order chi connectivity index (χ0) is 11.3. The fraction of sp³-hybridized carbons (Fsp3) is 0.750. The van der Waals surface area contributed by atoms with Crippen molar-refractivity contribution in [3.63, 3.8) is 0 Å². The van der Waals surface area contributed by atoms with Crippen LogP contribution >= 0.6 is 0 Å². The van der Waals surface area contributed by atoms with E-state index in [1.807, 2.05) is 33.8 Å². The Balaban J connectivity index is 0. The van der Waals surface area contributed by atoms with Gasteiger partial charge in [-0.15, -0.1) is 0 Å². The summed E-state index contributed by atoms with van der Waals surface area (Å²) in [5, 5.41) is 0. The molecule has 0 bridgehead atoms. The summed E-state index contributed by atoms with van der Waals surface area (Å²) in [6.07, 6.45) is 1.94. The van der Waals surface area contributed by atoms with E-state index in [1.165, 1.54) is 0 Å². The fourth-order valence-electron chi connectivity index (χ4n) is 1.14. The number of hydrogen-bond donors (Lipinski definition) is 0. The van der Waals surface area contributed by atoms with Crippen LogP contribution in [0.25, 0.3) is 0 Å². The Bertz CT molecular complexity index is 218. The average molecular weight is 321 g/mol. The summed E-state index contributed by atoms with van der Waals surface area (Å²) in [6, 6.07) is 0. The summed E-state index contributed by atoms with van der Waals surface area (Å²) in [5.74, 6) is 0.430. The Hall–Kier alpha value is 0.00870. The van der Waals surface area contributed by atoms with Gasteiger partial charge >= 0.3 is 29.9 Å². The second-order valence-corrected chi connectivity index (χ2v) is 4.47. The van der Waals surface area contributed by atoms with Gasteiger partial charge in [0.25, 0.3) is 0 Å². The van der Waals surface area contributed by atoms with Gasteiger partial charge in [-0.25, -0.2) is 4.79 Å². The molecule has 0 N–H and O–H groups in total. The molecule has 0 aromatic carbocycles. The molecule has 0 aromatic rings. The van der Waals surface area contributed by atoms with Crippen molar-refractivity contribution in [3.05, 3.63) is 11.6 Å². The monoisotopic (exact) mass is 322 g/mol. The van der Waals surface area contributed by atoms with Crippen LogP contribution in [-0.2, 0) is 9.53 Å². The van der Waals surface area contributed by atoms with Crippen molar-refractivity contribution < 1.29 is 9.53 Å². The van der Waals surface area contributed by atoms with Crippen LogP contribution in [0.2, 0.25) is 0 Å². The molecule has 0 amide bonds. The van der Waals surface area contributed by atoms with Crippen molar-refractivity contribution in [2.45, 2.75) is 47.6 Å². The van der Waals surface area contributed by atoms with Crippen LogP contribution < -0.4 is 0 Å². The van der Waals surface area contributed by atoms with Crippen LogP contribution in [0, 0.1) is 11.8 Å².